The summed E-state index contributed by atoms with van der Waals surface area (Å²) in [7, 11) is 7.64. The third-order valence-corrected chi connectivity index (χ3v) is 4.64. The lowest BCUT2D eigenvalue weighted by molar-refractivity contribution is -0.120. The standard InChI is InChI=1S/C19H27N7O.HI/c1-20-19(21-11-15-5-7-16(8-6-15)23(2)3)25-9-10-26(18(27)14-25)17-12-22-24(4)13-17;/h5-8,12-13H,9-11,14H2,1-4H3,(H,20,21);1H. The van der Waals surface area contributed by atoms with Crippen LogP contribution in [0.2, 0.25) is 0 Å². The third-order valence-electron chi connectivity index (χ3n) is 4.64. The van der Waals surface area contributed by atoms with Gasteiger partial charge in [-0.1, -0.05) is 12.1 Å². The second kappa shape index (κ2) is 9.76. The van der Waals surface area contributed by atoms with Gasteiger partial charge < -0.3 is 20.0 Å². The van der Waals surface area contributed by atoms with E-state index in [2.05, 4.69) is 44.6 Å². The molecule has 2 aromatic rings. The quantitative estimate of drug-likeness (QED) is 0.395. The molecular weight excluding hydrogens is 469 g/mol. The molecule has 152 valence electrons. The molecule has 1 aliphatic rings. The number of aromatic nitrogens is 2. The highest BCUT2D eigenvalue weighted by atomic mass is 127. The Morgan fingerprint density at radius 3 is 2.50 bits per heavy atom. The minimum Gasteiger partial charge on any atom is -0.378 e. The molecule has 0 bridgehead atoms. The molecule has 1 saturated heterocycles. The summed E-state index contributed by atoms with van der Waals surface area (Å²) in [4.78, 5) is 22.8. The first-order valence-corrected chi connectivity index (χ1v) is 8.99. The van der Waals surface area contributed by atoms with Crippen molar-refractivity contribution in [3.05, 3.63) is 42.2 Å². The number of hydrogen-bond donors (Lipinski definition) is 1. The summed E-state index contributed by atoms with van der Waals surface area (Å²) >= 11 is 0. The van der Waals surface area contributed by atoms with E-state index >= 15 is 0 Å². The van der Waals surface area contributed by atoms with Crippen molar-refractivity contribution in [2.24, 2.45) is 12.0 Å². The zero-order valence-electron chi connectivity index (χ0n) is 16.8. The van der Waals surface area contributed by atoms with Gasteiger partial charge >= 0.3 is 0 Å². The largest absolute Gasteiger partial charge is 0.378 e. The van der Waals surface area contributed by atoms with Crippen molar-refractivity contribution in [3.63, 3.8) is 0 Å². The predicted molar refractivity (Wildman–Crippen MR) is 124 cm³/mol. The Bertz CT molecular complexity index is 816. The number of hydrogen-bond acceptors (Lipinski definition) is 4. The van der Waals surface area contributed by atoms with Gasteiger partial charge in [0.05, 0.1) is 11.9 Å². The van der Waals surface area contributed by atoms with Gasteiger partial charge in [-0.2, -0.15) is 5.10 Å². The van der Waals surface area contributed by atoms with E-state index in [1.54, 1.807) is 22.8 Å². The molecule has 1 fully saturated rings. The predicted octanol–water partition coefficient (Wildman–Crippen LogP) is 1.53. The normalized spacial score (nSPS) is 14.7. The van der Waals surface area contributed by atoms with Crippen molar-refractivity contribution in [1.82, 2.24) is 20.0 Å². The fourth-order valence-electron chi connectivity index (χ4n) is 3.10. The number of benzene rings is 1. The second-order valence-corrected chi connectivity index (χ2v) is 6.80. The van der Waals surface area contributed by atoms with Gasteiger partial charge in [0.25, 0.3) is 0 Å². The summed E-state index contributed by atoms with van der Waals surface area (Å²) in [5.41, 5.74) is 3.17. The summed E-state index contributed by atoms with van der Waals surface area (Å²) in [6.07, 6.45) is 3.58. The van der Waals surface area contributed by atoms with Crippen molar-refractivity contribution in [2.75, 3.05) is 50.6 Å². The van der Waals surface area contributed by atoms with Crippen LogP contribution in [0.25, 0.3) is 0 Å². The van der Waals surface area contributed by atoms with E-state index in [-0.39, 0.29) is 29.9 Å². The molecule has 1 aliphatic heterocycles. The number of rotatable bonds is 4. The highest BCUT2D eigenvalue weighted by Gasteiger charge is 2.27. The molecule has 1 aromatic carbocycles. The molecule has 0 saturated carbocycles. The Kier molecular flexibility index (Phi) is 7.67. The number of nitrogens with zero attached hydrogens (tertiary/aromatic N) is 6. The van der Waals surface area contributed by atoms with Crippen LogP contribution in [-0.4, -0.2) is 67.3 Å². The first-order valence-electron chi connectivity index (χ1n) is 8.99. The third kappa shape index (κ3) is 5.15. The highest BCUT2D eigenvalue weighted by Crippen LogP contribution is 2.16. The van der Waals surface area contributed by atoms with Gasteiger partial charge in [0.2, 0.25) is 5.91 Å². The number of carbonyl (C=O) groups excluding carboxylic acids is 1. The van der Waals surface area contributed by atoms with Crippen LogP contribution in [0, 0.1) is 0 Å². The van der Waals surface area contributed by atoms with Crippen molar-refractivity contribution >= 4 is 47.2 Å². The zero-order valence-corrected chi connectivity index (χ0v) is 19.1. The minimum atomic E-state index is 0. The number of aliphatic imine (C=N–C) groups is 1. The topological polar surface area (TPSA) is 69.0 Å². The van der Waals surface area contributed by atoms with Crippen LogP contribution in [0.3, 0.4) is 0 Å². The Morgan fingerprint density at radius 1 is 1.25 bits per heavy atom. The van der Waals surface area contributed by atoms with Gasteiger partial charge in [0.15, 0.2) is 5.96 Å². The van der Waals surface area contributed by atoms with Gasteiger partial charge in [0.1, 0.15) is 6.54 Å². The van der Waals surface area contributed by atoms with Crippen LogP contribution in [0.15, 0.2) is 41.7 Å². The van der Waals surface area contributed by atoms with Crippen molar-refractivity contribution in [2.45, 2.75) is 6.54 Å². The number of carbonyl (C=O) groups is 1. The van der Waals surface area contributed by atoms with Gasteiger partial charge in [-0.05, 0) is 17.7 Å². The zero-order chi connectivity index (χ0) is 19.4. The number of nitrogens with one attached hydrogen (secondary N) is 1. The van der Waals surface area contributed by atoms with E-state index in [0.717, 1.165) is 18.2 Å². The lowest BCUT2D eigenvalue weighted by atomic mass is 10.2. The van der Waals surface area contributed by atoms with E-state index in [1.165, 1.54) is 11.3 Å². The Hall–Kier alpha value is -2.30. The van der Waals surface area contributed by atoms with Crippen LogP contribution in [0.1, 0.15) is 5.56 Å². The SMILES string of the molecule is CN=C(NCc1ccc(N(C)C)cc1)N1CCN(c2cnn(C)c2)C(=O)C1.I. The molecule has 0 atom stereocenters. The molecule has 1 amide bonds. The van der Waals surface area contributed by atoms with E-state index in [1.807, 2.05) is 32.2 Å². The molecule has 1 N–H and O–H groups in total. The maximum absolute atomic E-state index is 12.6. The summed E-state index contributed by atoms with van der Waals surface area (Å²) < 4.78 is 1.71. The summed E-state index contributed by atoms with van der Waals surface area (Å²) in [5.74, 6) is 0.790. The maximum Gasteiger partial charge on any atom is 0.246 e. The fraction of sp³-hybridized carbons (Fsp3) is 0.421. The lowest BCUT2D eigenvalue weighted by Crippen LogP contribution is -2.55. The molecule has 3 rings (SSSR count). The van der Waals surface area contributed by atoms with Crippen molar-refractivity contribution in [1.29, 1.82) is 0 Å². The average molecular weight is 497 g/mol. The van der Waals surface area contributed by atoms with Gasteiger partial charge in [-0.15, -0.1) is 24.0 Å². The summed E-state index contributed by atoms with van der Waals surface area (Å²) in [6, 6.07) is 8.38. The Morgan fingerprint density at radius 2 is 1.96 bits per heavy atom. The van der Waals surface area contributed by atoms with Crippen molar-refractivity contribution < 1.29 is 4.79 Å². The van der Waals surface area contributed by atoms with Crippen LogP contribution in [0.4, 0.5) is 11.4 Å². The molecule has 9 heteroatoms. The molecule has 0 unspecified atom stereocenters. The smallest absolute Gasteiger partial charge is 0.246 e. The van der Waals surface area contributed by atoms with Crippen molar-refractivity contribution in [3.8, 4) is 0 Å². The highest BCUT2D eigenvalue weighted by molar-refractivity contribution is 14.0. The molecule has 1 aromatic heterocycles. The van der Waals surface area contributed by atoms with Gasteiger partial charge in [-0.25, -0.2) is 0 Å². The monoisotopic (exact) mass is 497 g/mol. The van der Waals surface area contributed by atoms with Crippen LogP contribution < -0.4 is 15.1 Å². The van der Waals surface area contributed by atoms with Crippen LogP contribution in [-0.2, 0) is 18.4 Å². The Balaban J connectivity index is 0.00000280. The first kappa shape index (κ1) is 22.0. The molecule has 0 radical (unpaired) electrons. The number of piperazine rings is 1. The average Bonchev–Trinajstić information content (AvgIpc) is 3.09. The lowest BCUT2D eigenvalue weighted by Gasteiger charge is -2.35. The maximum atomic E-state index is 12.6. The molecule has 0 spiro atoms. The number of guanidine groups is 1. The number of amides is 1. The van der Waals surface area contributed by atoms with Crippen LogP contribution in [0.5, 0.6) is 0 Å². The van der Waals surface area contributed by atoms with E-state index in [4.69, 9.17) is 0 Å². The summed E-state index contributed by atoms with van der Waals surface area (Å²) in [6.45, 7) is 2.30. The van der Waals surface area contributed by atoms with Gasteiger partial charge in [0, 0.05) is 59.7 Å². The summed E-state index contributed by atoms with van der Waals surface area (Å²) in [5, 5.41) is 7.51. The van der Waals surface area contributed by atoms with E-state index in [9.17, 15) is 4.79 Å². The molecule has 0 aliphatic carbocycles. The Labute approximate surface area is 183 Å². The molecule has 28 heavy (non-hydrogen) atoms. The van der Waals surface area contributed by atoms with Crippen LogP contribution >= 0.6 is 24.0 Å². The molecule has 2 heterocycles. The van der Waals surface area contributed by atoms with E-state index in [0.29, 0.717) is 19.6 Å². The number of anilines is 2. The minimum absolute atomic E-state index is 0. The molecule has 8 nitrogen and oxygen atoms in total. The fourth-order valence-corrected chi connectivity index (χ4v) is 3.10. The number of aryl methyl sites for hydroxylation is 1. The molecular formula is C19H28IN7O. The van der Waals surface area contributed by atoms with E-state index < -0.39 is 0 Å². The first-order chi connectivity index (χ1) is 13.0. The second-order valence-electron chi connectivity index (χ2n) is 6.80. The van der Waals surface area contributed by atoms with Gasteiger partial charge in [-0.3, -0.25) is 14.5 Å². The number of halogens is 1.